The van der Waals surface area contributed by atoms with Gasteiger partial charge in [0.15, 0.2) is 0 Å². The van der Waals surface area contributed by atoms with Crippen molar-refractivity contribution >= 4 is 0 Å². The zero-order valence-electron chi connectivity index (χ0n) is 9.61. The second-order valence-electron chi connectivity index (χ2n) is 3.43. The fraction of sp³-hybridized carbons (Fsp3) is 1.00. The summed E-state index contributed by atoms with van der Waals surface area (Å²) in [6, 6.07) is -0.408. The van der Waals surface area contributed by atoms with Gasteiger partial charge < -0.3 is 14.8 Å². The van der Waals surface area contributed by atoms with Crippen LogP contribution in [0.15, 0.2) is 0 Å². The lowest BCUT2D eigenvalue weighted by atomic mass is 10.3. The van der Waals surface area contributed by atoms with Crippen LogP contribution in [0.1, 0.15) is 6.92 Å². The van der Waals surface area contributed by atoms with Crippen molar-refractivity contribution in [2.24, 2.45) is 0 Å². The second-order valence-corrected chi connectivity index (χ2v) is 3.43. The average molecular weight is 265 g/mol. The van der Waals surface area contributed by atoms with Gasteiger partial charge in [0.05, 0.1) is 19.3 Å². The predicted molar refractivity (Wildman–Crippen MR) is 51.2 cm³/mol. The van der Waals surface area contributed by atoms with Gasteiger partial charge in [0.1, 0.15) is 6.61 Å². The largest absolute Gasteiger partial charge is 0.455 e. The zero-order chi connectivity index (χ0) is 13.5. The summed E-state index contributed by atoms with van der Waals surface area (Å²) >= 11 is 0. The SMILES string of the molecule is CCNC(COC)COCC(F)(F)C(F)(F)F. The van der Waals surface area contributed by atoms with Crippen LogP contribution in [-0.2, 0) is 9.47 Å². The highest BCUT2D eigenvalue weighted by Gasteiger charge is 2.57. The monoisotopic (exact) mass is 265 g/mol. The summed E-state index contributed by atoms with van der Waals surface area (Å²) in [7, 11) is 1.40. The van der Waals surface area contributed by atoms with E-state index in [0.717, 1.165) is 0 Å². The summed E-state index contributed by atoms with van der Waals surface area (Å²) in [5.74, 6) is -4.82. The van der Waals surface area contributed by atoms with Crippen molar-refractivity contribution in [2.45, 2.75) is 25.1 Å². The summed E-state index contributed by atoms with van der Waals surface area (Å²) in [4.78, 5) is 0. The van der Waals surface area contributed by atoms with Gasteiger partial charge >= 0.3 is 12.1 Å². The molecule has 0 aliphatic heterocycles. The molecule has 8 heteroatoms. The van der Waals surface area contributed by atoms with Gasteiger partial charge in [0.2, 0.25) is 0 Å². The number of alkyl halides is 5. The molecule has 0 aromatic rings. The minimum Gasteiger partial charge on any atom is -0.383 e. The standard InChI is InChI=1S/C9H16F5NO2/c1-3-15-7(4-16-2)5-17-6-8(10,11)9(12,13)14/h7,15H,3-6H2,1-2H3. The first-order chi connectivity index (χ1) is 7.74. The smallest absolute Gasteiger partial charge is 0.383 e. The topological polar surface area (TPSA) is 30.5 Å². The number of halogens is 5. The number of rotatable bonds is 8. The van der Waals surface area contributed by atoms with E-state index in [1.54, 1.807) is 6.92 Å². The van der Waals surface area contributed by atoms with E-state index in [1.807, 2.05) is 0 Å². The lowest BCUT2D eigenvalue weighted by Gasteiger charge is -2.22. The third kappa shape index (κ3) is 6.13. The number of hydrogen-bond acceptors (Lipinski definition) is 3. The minimum absolute atomic E-state index is 0.172. The minimum atomic E-state index is -5.58. The van der Waals surface area contributed by atoms with E-state index in [1.165, 1.54) is 7.11 Å². The number of ether oxygens (including phenoxy) is 2. The summed E-state index contributed by atoms with van der Waals surface area (Å²) in [6.07, 6.45) is -5.58. The van der Waals surface area contributed by atoms with Gasteiger partial charge in [0.25, 0.3) is 0 Å². The molecule has 0 aliphatic carbocycles. The summed E-state index contributed by atoms with van der Waals surface area (Å²) < 4.78 is 69.4. The first kappa shape index (κ1) is 16.5. The van der Waals surface area contributed by atoms with E-state index in [-0.39, 0.29) is 13.2 Å². The molecule has 0 heterocycles. The van der Waals surface area contributed by atoms with Crippen LogP contribution in [0.5, 0.6) is 0 Å². The third-order valence-corrected chi connectivity index (χ3v) is 1.88. The fourth-order valence-electron chi connectivity index (χ4n) is 1.07. The van der Waals surface area contributed by atoms with Crippen molar-refractivity contribution < 1.29 is 31.4 Å². The maximum Gasteiger partial charge on any atom is 0.455 e. The fourth-order valence-corrected chi connectivity index (χ4v) is 1.07. The van der Waals surface area contributed by atoms with Crippen molar-refractivity contribution in [1.82, 2.24) is 5.32 Å². The summed E-state index contributed by atoms with van der Waals surface area (Å²) in [6.45, 7) is 0.529. The maximum atomic E-state index is 12.5. The lowest BCUT2D eigenvalue weighted by Crippen LogP contribution is -2.43. The Morgan fingerprint density at radius 3 is 2.12 bits per heavy atom. The Morgan fingerprint density at radius 2 is 1.71 bits per heavy atom. The maximum absolute atomic E-state index is 12.5. The van der Waals surface area contributed by atoms with Crippen LogP contribution in [0, 0.1) is 0 Å². The highest BCUT2D eigenvalue weighted by Crippen LogP contribution is 2.35. The molecule has 104 valence electrons. The van der Waals surface area contributed by atoms with Crippen LogP contribution >= 0.6 is 0 Å². The lowest BCUT2D eigenvalue weighted by molar-refractivity contribution is -0.297. The van der Waals surface area contributed by atoms with Crippen molar-refractivity contribution in [3.63, 3.8) is 0 Å². The molecule has 0 saturated carbocycles. The summed E-state index contributed by atoms with van der Waals surface area (Å²) in [5.41, 5.74) is 0. The Labute approximate surface area is 96.3 Å². The van der Waals surface area contributed by atoms with Crippen LogP contribution < -0.4 is 5.32 Å². The molecule has 1 unspecified atom stereocenters. The molecule has 0 rings (SSSR count). The van der Waals surface area contributed by atoms with Crippen LogP contribution in [0.3, 0.4) is 0 Å². The van der Waals surface area contributed by atoms with Gasteiger partial charge in [-0.25, -0.2) is 0 Å². The van der Waals surface area contributed by atoms with Crippen LogP contribution in [0.4, 0.5) is 22.0 Å². The Balaban J connectivity index is 4.03. The molecule has 0 bridgehead atoms. The molecule has 17 heavy (non-hydrogen) atoms. The predicted octanol–water partition coefficient (Wildman–Crippen LogP) is 1.83. The van der Waals surface area contributed by atoms with Crippen molar-refractivity contribution in [3.8, 4) is 0 Å². The second kappa shape index (κ2) is 7.07. The van der Waals surface area contributed by atoms with E-state index in [2.05, 4.69) is 10.1 Å². The van der Waals surface area contributed by atoms with E-state index in [0.29, 0.717) is 6.54 Å². The Kier molecular flexibility index (Phi) is 6.88. The number of likely N-dealkylation sites (N-methyl/N-ethyl adjacent to an activating group) is 1. The Bertz CT molecular complexity index is 204. The van der Waals surface area contributed by atoms with Crippen molar-refractivity contribution in [1.29, 1.82) is 0 Å². The van der Waals surface area contributed by atoms with Crippen LogP contribution in [-0.4, -0.2) is 51.6 Å². The van der Waals surface area contributed by atoms with Crippen LogP contribution in [0.25, 0.3) is 0 Å². The number of nitrogens with one attached hydrogen (secondary N) is 1. The molecule has 0 saturated heterocycles. The molecule has 0 fully saturated rings. The normalized spacial score (nSPS) is 15.0. The quantitative estimate of drug-likeness (QED) is 0.679. The first-order valence-corrected chi connectivity index (χ1v) is 4.99. The zero-order valence-corrected chi connectivity index (χ0v) is 9.61. The van der Waals surface area contributed by atoms with Gasteiger partial charge in [-0.1, -0.05) is 6.92 Å². The Hall–Kier alpha value is -0.470. The molecule has 0 aromatic carbocycles. The van der Waals surface area contributed by atoms with E-state index < -0.39 is 24.7 Å². The molecule has 3 nitrogen and oxygen atoms in total. The molecule has 0 amide bonds. The molecule has 0 spiro atoms. The molecule has 1 N–H and O–H groups in total. The summed E-state index contributed by atoms with van der Waals surface area (Å²) in [5, 5.41) is 2.83. The van der Waals surface area contributed by atoms with Gasteiger partial charge in [-0.15, -0.1) is 0 Å². The van der Waals surface area contributed by atoms with E-state index in [9.17, 15) is 22.0 Å². The Morgan fingerprint density at radius 1 is 1.12 bits per heavy atom. The van der Waals surface area contributed by atoms with E-state index in [4.69, 9.17) is 4.74 Å². The molecule has 1 atom stereocenters. The highest BCUT2D eigenvalue weighted by molar-refractivity contribution is 4.75. The number of methoxy groups -OCH3 is 1. The van der Waals surface area contributed by atoms with Gasteiger partial charge in [-0.05, 0) is 6.54 Å². The van der Waals surface area contributed by atoms with Gasteiger partial charge in [-0.2, -0.15) is 22.0 Å². The molecular formula is C9H16F5NO2. The van der Waals surface area contributed by atoms with Gasteiger partial charge in [0, 0.05) is 7.11 Å². The van der Waals surface area contributed by atoms with Crippen molar-refractivity contribution in [2.75, 3.05) is 33.5 Å². The molecule has 0 radical (unpaired) electrons. The molecular weight excluding hydrogens is 249 g/mol. The van der Waals surface area contributed by atoms with Gasteiger partial charge in [-0.3, -0.25) is 0 Å². The van der Waals surface area contributed by atoms with E-state index >= 15 is 0 Å². The molecule has 0 aromatic heterocycles. The third-order valence-electron chi connectivity index (χ3n) is 1.88. The number of hydrogen-bond donors (Lipinski definition) is 1. The molecule has 0 aliphatic rings. The first-order valence-electron chi connectivity index (χ1n) is 4.99. The van der Waals surface area contributed by atoms with Crippen molar-refractivity contribution in [3.05, 3.63) is 0 Å². The highest BCUT2D eigenvalue weighted by atomic mass is 19.4. The average Bonchev–Trinajstić information content (AvgIpc) is 2.16. The van der Waals surface area contributed by atoms with Crippen LogP contribution in [0.2, 0.25) is 0 Å².